The summed E-state index contributed by atoms with van der Waals surface area (Å²) < 4.78 is 2.07. The lowest BCUT2D eigenvalue weighted by atomic mass is 10.2. The lowest BCUT2D eigenvalue weighted by Crippen LogP contribution is -1.92. The van der Waals surface area contributed by atoms with Gasteiger partial charge in [0.15, 0.2) is 0 Å². The van der Waals surface area contributed by atoms with Gasteiger partial charge in [0.1, 0.15) is 5.82 Å². The van der Waals surface area contributed by atoms with Crippen molar-refractivity contribution in [3.05, 3.63) is 33.2 Å². The van der Waals surface area contributed by atoms with Crippen LogP contribution in [0.3, 0.4) is 0 Å². The number of hydrogen-bond acceptors (Lipinski definition) is 2. The second-order valence-corrected chi connectivity index (χ2v) is 4.58. The second-order valence-electron chi connectivity index (χ2n) is 2.87. The molecule has 0 bridgehead atoms. The molecule has 0 saturated carbocycles. The molecule has 0 radical (unpaired) electrons. The number of aromatic nitrogens is 1. The topological polar surface area (TPSA) is 24.9 Å². The Balaban J connectivity index is 2.80. The van der Waals surface area contributed by atoms with E-state index in [1.54, 1.807) is 0 Å². The molecule has 0 amide bonds. The van der Waals surface area contributed by atoms with Gasteiger partial charge in [0.2, 0.25) is 0 Å². The van der Waals surface area contributed by atoms with Gasteiger partial charge in [-0.15, -0.1) is 0 Å². The summed E-state index contributed by atoms with van der Waals surface area (Å²) in [5.74, 6) is 0.872. The Morgan fingerprint density at radius 2 is 1.79 bits per heavy atom. The normalized spacial score (nSPS) is 10.5. The second kappa shape index (κ2) is 3.87. The first-order chi connectivity index (χ1) is 6.72. The monoisotopic (exact) mass is 314 g/mol. The van der Waals surface area contributed by atoms with E-state index >= 15 is 0 Å². The van der Waals surface area contributed by atoms with Gasteiger partial charge in [0.25, 0.3) is 0 Å². The fourth-order valence-corrected chi connectivity index (χ4v) is 2.17. The molecule has 2 aromatic rings. The number of halogens is 2. The molecule has 1 heterocycles. The molecule has 0 spiro atoms. The van der Waals surface area contributed by atoms with Gasteiger partial charge in [-0.25, -0.2) is 4.98 Å². The fourth-order valence-electron chi connectivity index (χ4n) is 1.29. The highest BCUT2D eigenvalue weighted by molar-refractivity contribution is 9.11. The molecule has 1 aromatic heterocycles. The van der Waals surface area contributed by atoms with Crippen LogP contribution in [0.5, 0.6) is 0 Å². The number of fused-ring (bicyclic) bond motifs is 1. The number of pyridine rings is 1. The van der Waals surface area contributed by atoms with Crippen LogP contribution in [-0.2, 0) is 0 Å². The summed E-state index contributed by atoms with van der Waals surface area (Å²) in [6, 6.07) is 7.99. The molecule has 0 atom stereocenters. The van der Waals surface area contributed by atoms with Crippen molar-refractivity contribution in [3.8, 4) is 0 Å². The Morgan fingerprint density at radius 3 is 2.50 bits per heavy atom. The number of anilines is 1. The fraction of sp³-hybridized carbons (Fsp3) is 0.100. The van der Waals surface area contributed by atoms with Crippen LogP contribution in [-0.4, -0.2) is 12.0 Å². The lowest BCUT2D eigenvalue weighted by molar-refractivity contribution is 1.34. The van der Waals surface area contributed by atoms with Gasteiger partial charge < -0.3 is 5.32 Å². The molecule has 0 saturated heterocycles. The van der Waals surface area contributed by atoms with Gasteiger partial charge in [-0.05, 0) is 40.2 Å². The lowest BCUT2D eigenvalue weighted by Gasteiger charge is -2.05. The zero-order valence-corrected chi connectivity index (χ0v) is 10.7. The van der Waals surface area contributed by atoms with Gasteiger partial charge in [0, 0.05) is 21.4 Å². The highest BCUT2D eigenvalue weighted by atomic mass is 79.9. The van der Waals surface area contributed by atoms with Crippen molar-refractivity contribution in [1.29, 1.82) is 0 Å². The van der Waals surface area contributed by atoms with E-state index in [2.05, 4.69) is 42.2 Å². The van der Waals surface area contributed by atoms with Crippen molar-refractivity contribution in [2.45, 2.75) is 0 Å². The minimum Gasteiger partial charge on any atom is -0.373 e. The molecule has 0 aliphatic heterocycles. The first kappa shape index (κ1) is 9.93. The molecule has 2 rings (SSSR count). The van der Waals surface area contributed by atoms with Gasteiger partial charge in [-0.1, -0.05) is 15.9 Å². The predicted octanol–water partition coefficient (Wildman–Crippen LogP) is 3.80. The van der Waals surface area contributed by atoms with Crippen LogP contribution in [0, 0.1) is 0 Å². The van der Waals surface area contributed by atoms with Crippen LogP contribution < -0.4 is 5.32 Å². The Bertz CT molecular complexity index is 483. The summed E-state index contributed by atoms with van der Waals surface area (Å²) in [6.07, 6.45) is 0. The maximum absolute atomic E-state index is 4.47. The van der Waals surface area contributed by atoms with Crippen LogP contribution in [0.2, 0.25) is 0 Å². The molecular formula is C10H8Br2N2. The van der Waals surface area contributed by atoms with Gasteiger partial charge in [-0.2, -0.15) is 0 Å². The van der Waals surface area contributed by atoms with Crippen LogP contribution in [0.1, 0.15) is 0 Å². The summed E-state index contributed by atoms with van der Waals surface area (Å²) in [5.41, 5.74) is 0.964. The van der Waals surface area contributed by atoms with Crippen LogP contribution in [0.15, 0.2) is 33.2 Å². The molecule has 0 aliphatic rings. The van der Waals surface area contributed by atoms with Crippen molar-refractivity contribution in [2.75, 3.05) is 12.4 Å². The van der Waals surface area contributed by atoms with Crippen molar-refractivity contribution in [3.63, 3.8) is 0 Å². The third kappa shape index (κ3) is 1.64. The average molecular weight is 316 g/mol. The Hall–Kier alpha value is -0.610. The highest BCUT2D eigenvalue weighted by Crippen LogP contribution is 2.29. The standard InChI is InChI=1S/C10H8Br2N2/c1-13-9-5-2-6-7(11)3-4-8(12)10(6)14-9/h2-5H,1H3,(H,13,14). The highest BCUT2D eigenvalue weighted by Gasteiger charge is 2.04. The first-order valence-electron chi connectivity index (χ1n) is 4.15. The van der Waals surface area contributed by atoms with Gasteiger partial charge >= 0.3 is 0 Å². The van der Waals surface area contributed by atoms with Crippen LogP contribution >= 0.6 is 31.9 Å². The summed E-state index contributed by atoms with van der Waals surface area (Å²) in [6.45, 7) is 0. The number of nitrogens with zero attached hydrogens (tertiary/aromatic N) is 1. The third-order valence-corrected chi connectivity index (χ3v) is 3.34. The van der Waals surface area contributed by atoms with E-state index in [4.69, 9.17) is 0 Å². The summed E-state index contributed by atoms with van der Waals surface area (Å²) in [5, 5.41) is 4.13. The quantitative estimate of drug-likeness (QED) is 0.865. The van der Waals surface area contributed by atoms with E-state index in [1.807, 2.05) is 31.3 Å². The number of hydrogen-bond donors (Lipinski definition) is 1. The SMILES string of the molecule is CNc1ccc2c(Br)ccc(Br)c2n1. The summed E-state index contributed by atoms with van der Waals surface area (Å²) >= 11 is 6.98. The zero-order chi connectivity index (χ0) is 10.1. The molecule has 4 heteroatoms. The molecule has 2 nitrogen and oxygen atoms in total. The molecule has 14 heavy (non-hydrogen) atoms. The van der Waals surface area contributed by atoms with E-state index in [-0.39, 0.29) is 0 Å². The maximum Gasteiger partial charge on any atom is 0.126 e. The van der Waals surface area contributed by atoms with Gasteiger partial charge in [-0.3, -0.25) is 0 Å². The average Bonchev–Trinajstić information content (AvgIpc) is 2.23. The Labute approximate surface area is 99.0 Å². The Kier molecular flexibility index (Phi) is 2.74. The molecule has 0 unspecified atom stereocenters. The van der Waals surface area contributed by atoms with Crippen molar-refractivity contribution in [2.24, 2.45) is 0 Å². The van der Waals surface area contributed by atoms with Crippen molar-refractivity contribution >= 4 is 48.6 Å². The van der Waals surface area contributed by atoms with Gasteiger partial charge in [0.05, 0.1) is 5.52 Å². The number of benzene rings is 1. The molecule has 0 fully saturated rings. The minimum absolute atomic E-state index is 0.872. The maximum atomic E-state index is 4.47. The summed E-state index contributed by atoms with van der Waals surface area (Å²) in [7, 11) is 1.86. The number of rotatable bonds is 1. The molecule has 1 aromatic carbocycles. The minimum atomic E-state index is 0.872. The van der Waals surface area contributed by atoms with E-state index in [0.717, 1.165) is 25.7 Å². The molecule has 0 aliphatic carbocycles. The number of nitrogens with one attached hydrogen (secondary N) is 1. The van der Waals surface area contributed by atoms with E-state index < -0.39 is 0 Å². The molecular weight excluding hydrogens is 308 g/mol. The predicted molar refractivity (Wildman–Crippen MR) is 66.7 cm³/mol. The zero-order valence-electron chi connectivity index (χ0n) is 7.51. The van der Waals surface area contributed by atoms with E-state index in [1.165, 1.54) is 0 Å². The largest absolute Gasteiger partial charge is 0.373 e. The first-order valence-corrected chi connectivity index (χ1v) is 5.73. The smallest absolute Gasteiger partial charge is 0.126 e. The van der Waals surface area contributed by atoms with Crippen LogP contribution in [0.4, 0.5) is 5.82 Å². The molecule has 72 valence electrons. The van der Waals surface area contributed by atoms with Crippen molar-refractivity contribution < 1.29 is 0 Å². The van der Waals surface area contributed by atoms with Crippen molar-refractivity contribution in [1.82, 2.24) is 4.98 Å². The van der Waals surface area contributed by atoms with E-state index in [9.17, 15) is 0 Å². The summed E-state index contributed by atoms with van der Waals surface area (Å²) in [4.78, 5) is 4.47. The Morgan fingerprint density at radius 1 is 1.07 bits per heavy atom. The van der Waals surface area contributed by atoms with E-state index in [0.29, 0.717) is 0 Å². The van der Waals surface area contributed by atoms with Crippen LogP contribution in [0.25, 0.3) is 10.9 Å². The molecule has 1 N–H and O–H groups in total. The third-order valence-electron chi connectivity index (χ3n) is 2.01.